The quantitative estimate of drug-likeness (QED) is 0.862. The zero-order valence-corrected chi connectivity index (χ0v) is 9.51. The Kier molecular flexibility index (Phi) is 3.74. The Labute approximate surface area is 90.8 Å². The van der Waals surface area contributed by atoms with Crippen molar-refractivity contribution in [1.82, 2.24) is 0 Å². The molecule has 1 aromatic rings. The molecule has 72 valence electrons. The number of aliphatic hydroxyl groups is 1. The molecule has 0 amide bonds. The SMILES string of the molecule is C[C@@H](O)[C@@H](N)c1cccc(Br)c1Cl. The first-order valence-corrected chi connectivity index (χ1v) is 5.08. The first kappa shape index (κ1) is 11.0. The second-order valence-corrected chi connectivity index (χ2v) is 4.14. The van der Waals surface area contributed by atoms with Crippen molar-refractivity contribution in [3.8, 4) is 0 Å². The van der Waals surface area contributed by atoms with Crippen molar-refractivity contribution in [2.75, 3.05) is 0 Å². The fraction of sp³-hybridized carbons (Fsp3) is 0.333. The van der Waals surface area contributed by atoms with Gasteiger partial charge in [-0.25, -0.2) is 0 Å². The lowest BCUT2D eigenvalue weighted by molar-refractivity contribution is 0.164. The maximum absolute atomic E-state index is 9.29. The molecule has 0 heterocycles. The molecule has 0 bridgehead atoms. The van der Waals surface area contributed by atoms with Crippen LogP contribution < -0.4 is 5.73 Å². The third-order valence-electron chi connectivity index (χ3n) is 1.86. The summed E-state index contributed by atoms with van der Waals surface area (Å²) in [4.78, 5) is 0. The Balaban J connectivity index is 3.07. The molecule has 4 heteroatoms. The average molecular weight is 265 g/mol. The lowest BCUT2D eigenvalue weighted by Gasteiger charge is -2.16. The van der Waals surface area contributed by atoms with E-state index in [1.54, 1.807) is 6.92 Å². The van der Waals surface area contributed by atoms with Gasteiger partial charge in [0.25, 0.3) is 0 Å². The van der Waals surface area contributed by atoms with Gasteiger partial charge in [-0.2, -0.15) is 0 Å². The Morgan fingerprint density at radius 1 is 1.54 bits per heavy atom. The zero-order chi connectivity index (χ0) is 10.0. The van der Waals surface area contributed by atoms with E-state index in [0.717, 1.165) is 10.0 Å². The molecule has 0 aliphatic heterocycles. The normalized spacial score (nSPS) is 15.5. The van der Waals surface area contributed by atoms with Crippen molar-refractivity contribution < 1.29 is 5.11 Å². The van der Waals surface area contributed by atoms with Crippen molar-refractivity contribution in [2.45, 2.75) is 19.1 Å². The van der Waals surface area contributed by atoms with E-state index in [9.17, 15) is 5.11 Å². The summed E-state index contributed by atoms with van der Waals surface area (Å²) in [5.74, 6) is 0. The number of aliphatic hydroxyl groups excluding tert-OH is 1. The van der Waals surface area contributed by atoms with Gasteiger partial charge in [0.15, 0.2) is 0 Å². The fourth-order valence-corrected chi connectivity index (χ4v) is 1.67. The fourth-order valence-electron chi connectivity index (χ4n) is 1.04. The first-order valence-electron chi connectivity index (χ1n) is 3.91. The van der Waals surface area contributed by atoms with Gasteiger partial charge in [0, 0.05) is 4.47 Å². The predicted octanol–water partition coefficient (Wildman–Crippen LogP) is 2.48. The Hall–Kier alpha value is -0.0900. The molecule has 2 nitrogen and oxygen atoms in total. The van der Waals surface area contributed by atoms with E-state index in [2.05, 4.69) is 15.9 Å². The van der Waals surface area contributed by atoms with Gasteiger partial charge in [-0.1, -0.05) is 23.7 Å². The van der Waals surface area contributed by atoms with E-state index in [-0.39, 0.29) is 0 Å². The third kappa shape index (κ3) is 2.44. The van der Waals surface area contributed by atoms with Crippen LogP contribution >= 0.6 is 27.5 Å². The van der Waals surface area contributed by atoms with Crippen LogP contribution in [0, 0.1) is 0 Å². The zero-order valence-electron chi connectivity index (χ0n) is 7.17. The summed E-state index contributed by atoms with van der Waals surface area (Å²) in [5.41, 5.74) is 6.51. The van der Waals surface area contributed by atoms with Gasteiger partial charge in [0.1, 0.15) is 0 Å². The summed E-state index contributed by atoms with van der Waals surface area (Å²) in [6.07, 6.45) is -0.605. The molecular weight excluding hydrogens is 253 g/mol. The highest BCUT2D eigenvalue weighted by Crippen LogP contribution is 2.30. The van der Waals surface area contributed by atoms with E-state index in [1.807, 2.05) is 18.2 Å². The Morgan fingerprint density at radius 3 is 2.69 bits per heavy atom. The second-order valence-electron chi connectivity index (χ2n) is 2.91. The number of rotatable bonds is 2. The van der Waals surface area contributed by atoms with Gasteiger partial charge in [-0.3, -0.25) is 0 Å². The molecule has 0 fully saturated rings. The molecule has 0 unspecified atom stereocenters. The highest BCUT2D eigenvalue weighted by Gasteiger charge is 2.16. The summed E-state index contributed by atoms with van der Waals surface area (Å²) in [5, 5.41) is 9.86. The van der Waals surface area contributed by atoms with Crippen LogP contribution in [0.1, 0.15) is 18.5 Å². The van der Waals surface area contributed by atoms with Gasteiger partial charge < -0.3 is 10.8 Å². The van der Waals surface area contributed by atoms with Crippen molar-refractivity contribution in [3.05, 3.63) is 33.3 Å². The number of nitrogens with two attached hydrogens (primary N) is 1. The average Bonchev–Trinajstić information content (AvgIpc) is 2.08. The van der Waals surface area contributed by atoms with Crippen LogP contribution in [-0.2, 0) is 0 Å². The van der Waals surface area contributed by atoms with Crippen LogP contribution in [0.15, 0.2) is 22.7 Å². The highest BCUT2D eigenvalue weighted by molar-refractivity contribution is 9.10. The molecule has 3 N–H and O–H groups in total. The topological polar surface area (TPSA) is 46.2 Å². The van der Waals surface area contributed by atoms with Crippen molar-refractivity contribution >= 4 is 27.5 Å². The molecule has 1 rings (SSSR count). The second kappa shape index (κ2) is 4.42. The summed E-state index contributed by atoms with van der Waals surface area (Å²) in [6, 6.07) is 5.04. The summed E-state index contributed by atoms with van der Waals surface area (Å²) in [7, 11) is 0. The Bertz CT molecular complexity index is 304. The van der Waals surface area contributed by atoms with Crippen LogP contribution in [0.2, 0.25) is 5.02 Å². The monoisotopic (exact) mass is 263 g/mol. The number of benzene rings is 1. The molecule has 0 saturated heterocycles. The standard InChI is InChI=1S/C9H11BrClNO/c1-5(13)9(12)6-3-2-4-7(10)8(6)11/h2-5,9,13H,12H2,1H3/t5-,9-/m1/s1. The van der Waals surface area contributed by atoms with Gasteiger partial charge in [0.05, 0.1) is 17.2 Å². The molecule has 13 heavy (non-hydrogen) atoms. The van der Waals surface area contributed by atoms with Crippen LogP contribution in [0.25, 0.3) is 0 Å². The third-order valence-corrected chi connectivity index (χ3v) is 3.17. The molecule has 0 saturated carbocycles. The lowest BCUT2D eigenvalue weighted by atomic mass is 10.0. The van der Waals surface area contributed by atoms with E-state index < -0.39 is 12.1 Å². The first-order chi connectivity index (χ1) is 6.04. The van der Waals surface area contributed by atoms with Crippen molar-refractivity contribution in [1.29, 1.82) is 0 Å². The van der Waals surface area contributed by atoms with E-state index in [4.69, 9.17) is 17.3 Å². The van der Waals surface area contributed by atoms with Gasteiger partial charge in [0.2, 0.25) is 0 Å². The minimum absolute atomic E-state index is 0.440. The van der Waals surface area contributed by atoms with Crippen LogP contribution in [-0.4, -0.2) is 11.2 Å². The minimum Gasteiger partial charge on any atom is -0.391 e. The number of hydrogen-bond donors (Lipinski definition) is 2. The van der Waals surface area contributed by atoms with Crippen LogP contribution in [0.4, 0.5) is 0 Å². The summed E-state index contributed by atoms with van der Waals surface area (Å²) >= 11 is 9.29. The van der Waals surface area contributed by atoms with Gasteiger partial charge in [-0.15, -0.1) is 0 Å². The number of halogens is 2. The predicted molar refractivity (Wildman–Crippen MR) is 57.8 cm³/mol. The molecular formula is C9H11BrClNO. The molecule has 1 aromatic carbocycles. The van der Waals surface area contributed by atoms with E-state index >= 15 is 0 Å². The maximum atomic E-state index is 9.29. The van der Waals surface area contributed by atoms with Gasteiger partial charge in [-0.05, 0) is 34.5 Å². The summed E-state index contributed by atoms with van der Waals surface area (Å²) in [6.45, 7) is 1.64. The molecule has 0 spiro atoms. The molecule has 0 aliphatic carbocycles. The minimum atomic E-state index is -0.605. The summed E-state index contributed by atoms with van der Waals surface area (Å²) < 4.78 is 0.794. The largest absolute Gasteiger partial charge is 0.391 e. The molecule has 2 atom stereocenters. The Morgan fingerprint density at radius 2 is 2.15 bits per heavy atom. The van der Waals surface area contributed by atoms with Crippen LogP contribution in [0.5, 0.6) is 0 Å². The maximum Gasteiger partial charge on any atom is 0.0705 e. The van der Waals surface area contributed by atoms with Crippen LogP contribution in [0.3, 0.4) is 0 Å². The van der Waals surface area contributed by atoms with Gasteiger partial charge >= 0.3 is 0 Å². The molecule has 0 radical (unpaired) electrons. The number of hydrogen-bond acceptors (Lipinski definition) is 2. The molecule has 0 aromatic heterocycles. The lowest BCUT2D eigenvalue weighted by Crippen LogP contribution is -2.23. The van der Waals surface area contributed by atoms with E-state index in [1.165, 1.54) is 0 Å². The molecule has 0 aliphatic rings. The smallest absolute Gasteiger partial charge is 0.0705 e. The van der Waals surface area contributed by atoms with Crippen molar-refractivity contribution in [2.24, 2.45) is 5.73 Å². The van der Waals surface area contributed by atoms with E-state index in [0.29, 0.717) is 5.02 Å². The van der Waals surface area contributed by atoms with Crippen molar-refractivity contribution in [3.63, 3.8) is 0 Å². The highest BCUT2D eigenvalue weighted by atomic mass is 79.9.